The van der Waals surface area contributed by atoms with Crippen molar-refractivity contribution in [3.05, 3.63) is 42.4 Å². The lowest BCUT2D eigenvalue weighted by Gasteiger charge is -1.95. The van der Waals surface area contributed by atoms with Gasteiger partial charge >= 0.3 is 0 Å². The molecular formula is C11H13O. The van der Waals surface area contributed by atoms with E-state index in [4.69, 9.17) is 0 Å². The lowest BCUT2D eigenvalue weighted by molar-refractivity contribution is -0.114. The van der Waals surface area contributed by atoms with E-state index in [9.17, 15) is 4.79 Å². The standard InChI is InChI=1S/C11H13O/c1-3-4-5-6-10-9(2)7-8-11(10)12/h3-5,7H,1,6,8H2,2H3. The van der Waals surface area contributed by atoms with Crippen molar-refractivity contribution in [2.45, 2.75) is 19.8 Å². The number of Topliss-reactive ketones (excluding diaryl/α,β-unsaturated/α-hetero) is 1. The van der Waals surface area contributed by atoms with Gasteiger partial charge in [0.2, 0.25) is 0 Å². The summed E-state index contributed by atoms with van der Waals surface area (Å²) < 4.78 is 0. The van der Waals surface area contributed by atoms with Crippen LogP contribution in [0.3, 0.4) is 0 Å². The van der Waals surface area contributed by atoms with E-state index in [0.29, 0.717) is 6.42 Å². The second-order valence-electron chi connectivity index (χ2n) is 2.86. The summed E-state index contributed by atoms with van der Waals surface area (Å²) in [6.45, 7) is 5.56. The number of rotatable bonds is 3. The van der Waals surface area contributed by atoms with Crippen LogP contribution in [0.1, 0.15) is 19.8 Å². The monoisotopic (exact) mass is 161 g/mol. The van der Waals surface area contributed by atoms with Crippen molar-refractivity contribution < 1.29 is 4.79 Å². The third-order valence-electron chi connectivity index (χ3n) is 2.00. The van der Waals surface area contributed by atoms with Gasteiger partial charge in [-0.3, -0.25) is 4.79 Å². The molecule has 0 saturated heterocycles. The van der Waals surface area contributed by atoms with E-state index in [-0.39, 0.29) is 5.78 Å². The zero-order valence-corrected chi connectivity index (χ0v) is 7.34. The highest BCUT2D eigenvalue weighted by Crippen LogP contribution is 2.23. The van der Waals surface area contributed by atoms with Gasteiger partial charge in [-0.15, -0.1) is 0 Å². The number of hydrogen-bond donors (Lipinski definition) is 0. The van der Waals surface area contributed by atoms with Crippen LogP contribution in [0, 0.1) is 6.42 Å². The lowest BCUT2D eigenvalue weighted by Crippen LogP contribution is -1.94. The van der Waals surface area contributed by atoms with Crippen molar-refractivity contribution in [2.75, 3.05) is 0 Å². The minimum absolute atomic E-state index is 0.265. The average Bonchev–Trinajstić information content (AvgIpc) is 2.35. The summed E-state index contributed by atoms with van der Waals surface area (Å²) in [5.74, 6) is 0.265. The Balaban J connectivity index is 2.61. The zero-order valence-electron chi connectivity index (χ0n) is 7.34. The molecule has 1 radical (unpaired) electrons. The molecule has 0 aromatic heterocycles. The molecule has 0 saturated carbocycles. The Morgan fingerprint density at radius 1 is 1.67 bits per heavy atom. The molecule has 0 bridgehead atoms. The highest BCUT2D eigenvalue weighted by molar-refractivity contribution is 6.00. The minimum Gasteiger partial charge on any atom is -0.295 e. The van der Waals surface area contributed by atoms with Crippen molar-refractivity contribution in [1.29, 1.82) is 0 Å². The second kappa shape index (κ2) is 4.05. The van der Waals surface area contributed by atoms with E-state index >= 15 is 0 Å². The molecule has 63 valence electrons. The maximum absolute atomic E-state index is 11.2. The molecule has 1 rings (SSSR count). The summed E-state index contributed by atoms with van der Waals surface area (Å²) in [4.78, 5) is 11.2. The van der Waals surface area contributed by atoms with Gasteiger partial charge in [0.25, 0.3) is 0 Å². The normalized spacial score (nSPS) is 17.9. The van der Waals surface area contributed by atoms with Crippen LogP contribution in [0.25, 0.3) is 0 Å². The molecule has 0 aromatic rings. The fourth-order valence-electron chi connectivity index (χ4n) is 1.27. The smallest absolute Gasteiger partial charge is 0.159 e. The maximum Gasteiger partial charge on any atom is 0.159 e. The predicted molar refractivity (Wildman–Crippen MR) is 50.6 cm³/mol. The molecule has 1 heteroatoms. The van der Waals surface area contributed by atoms with Crippen molar-refractivity contribution in [2.24, 2.45) is 0 Å². The van der Waals surface area contributed by atoms with Crippen molar-refractivity contribution in [3.8, 4) is 0 Å². The summed E-state index contributed by atoms with van der Waals surface area (Å²) in [6, 6.07) is 0. The fraction of sp³-hybridized carbons (Fsp3) is 0.273. The Labute approximate surface area is 73.5 Å². The van der Waals surface area contributed by atoms with Crippen LogP contribution >= 0.6 is 0 Å². The third-order valence-corrected chi connectivity index (χ3v) is 2.00. The SMILES string of the molecule is C=CC=CCC1=C(C)[CH]CC1=O. The molecule has 0 amide bonds. The first kappa shape index (κ1) is 8.98. The van der Waals surface area contributed by atoms with Gasteiger partial charge in [0.1, 0.15) is 0 Å². The van der Waals surface area contributed by atoms with E-state index in [2.05, 4.69) is 6.58 Å². The number of carbonyl (C=O) groups excluding carboxylic acids is 1. The second-order valence-corrected chi connectivity index (χ2v) is 2.86. The molecule has 0 aromatic carbocycles. The van der Waals surface area contributed by atoms with Gasteiger partial charge in [-0.2, -0.15) is 0 Å². The van der Waals surface area contributed by atoms with Crippen LogP contribution in [0.15, 0.2) is 36.0 Å². The van der Waals surface area contributed by atoms with Crippen molar-refractivity contribution in [3.63, 3.8) is 0 Å². The highest BCUT2D eigenvalue weighted by Gasteiger charge is 2.18. The first-order valence-electron chi connectivity index (χ1n) is 4.09. The molecule has 0 spiro atoms. The molecule has 1 nitrogen and oxygen atoms in total. The fourth-order valence-corrected chi connectivity index (χ4v) is 1.27. The molecule has 0 aliphatic heterocycles. The van der Waals surface area contributed by atoms with Gasteiger partial charge in [-0.05, 0) is 25.3 Å². The summed E-state index contributed by atoms with van der Waals surface area (Å²) >= 11 is 0. The molecule has 0 unspecified atom stereocenters. The number of ketones is 1. The zero-order chi connectivity index (χ0) is 8.97. The predicted octanol–water partition coefficient (Wildman–Crippen LogP) is 2.61. The van der Waals surface area contributed by atoms with E-state index in [1.165, 1.54) is 0 Å². The van der Waals surface area contributed by atoms with Crippen LogP contribution in [0.5, 0.6) is 0 Å². The summed E-state index contributed by atoms with van der Waals surface area (Å²) in [6.07, 6.45) is 8.86. The largest absolute Gasteiger partial charge is 0.295 e. The number of carbonyl (C=O) groups is 1. The first-order valence-corrected chi connectivity index (χ1v) is 4.09. The van der Waals surface area contributed by atoms with Crippen molar-refractivity contribution >= 4 is 5.78 Å². The van der Waals surface area contributed by atoms with Crippen LogP contribution in [-0.4, -0.2) is 5.78 Å². The molecule has 0 fully saturated rings. The van der Waals surface area contributed by atoms with Gasteiger partial charge in [0.05, 0.1) is 0 Å². The van der Waals surface area contributed by atoms with Gasteiger partial charge in [0, 0.05) is 6.42 Å². The molecular weight excluding hydrogens is 148 g/mol. The molecule has 0 heterocycles. The van der Waals surface area contributed by atoms with Gasteiger partial charge < -0.3 is 0 Å². The minimum atomic E-state index is 0.265. The van der Waals surface area contributed by atoms with Crippen LogP contribution < -0.4 is 0 Å². The van der Waals surface area contributed by atoms with Crippen LogP contribution in [0.2, 0.25) is 0 Å². The quantitative estimate of drug-likeness (QED) is 0.581. The average molecular weight is 161 g/mol. The molecule has 1 aliphatic carbocycles. The topological polar surface area (TPSA) is 17.1 Å². The van der Waals surface area contributed by atoms with Gasteiger partial charge in [0.15, 0.2) is 5.78 Å². The highest BCUT2D eigenvalue weighted by atomic mass is 16.1. The lowest BCUT2D eigenvalue weighted by atomic mass is 10.1. The molecule has 0 N–H and O–H groups in total. The summed E-state index contributed by atoms with van der Waals surface area (Å²) in [5.41, 5.74) is 2.09. The van der Waals surface area contributed by atoms with E-state index < -0.39 is 0 Å². The Kier molecular flexibility index (Phi) is 3.03. The number of allylic oxidation sites excluding steroid dienone is 5. The maximum atomic E-state index is 11.2. The molecule has 0 atom stereocenters. The molecule has 12 heavy (non-hydrogen) atoms. The number of hydrogen-bond acceptors (Lipinski definition) is 1. The summed E-state index contributed by atoms with van der Waals surface area (Å²) in [7, 11) is 0. The van der Waals surface area contributed by atoms with Crippen LogP contribution in [-0.2, 0) is 4.79 Å². The third kappa shape index (κ3) is 1.94. The van der Waals surface area contributed by atoms with Gasteiger partial charge in [-0.25, -0.2) is 0 Å². The van der Waals surface area contributed by atoms with Crippen LogP contribution in [0.4, 0.5) is 0 Å². The Morgan fingerprint density at radius 2 is 2.42 bits per heavy atom. The Hall–Kier alpha value is -1.11. The Morgan fingerprint density at radius 3 is 2.92 bits per heavy atom. The van der Waals surface area contributed by atoms with Crippen molar-refractivity contribution in [1.82, 2.24) is 0 Å². The van der Waals surface area contributed by atoms with E-state index in [1.807, 2.05) is 25.5 Å². The Bertz CT molecular complexity index is 256. The van der Waals surface area contributed by atoms with E-state index in [1.54, 1.807) is 6.08 Å². The molecule has 1 aliphatic rings. The van der Waals surface area contributed by atoms with Gasteiger partial charge in [-0.1, -0.05) is 30.4 Å². The first-order chi connectivity index (χ1) is 5.75. The van der Waals surface area contributed by atoms with E-state index in [0.717, 1.165) is 17.6 Å². The summed E-state index contributed by atoms with van der Waals surface area (Å²) in [5, 5.41) is 0.